The Bertz CT molecular complexity index is 153. The van der Waals surface area contributed by atoms with Gasteiger partial charge in [-0.15, -0.1) is 0 Å². The highest BCUT2D eigenvalue weighted by atomic mass is 79.9. The van der Waals surface area contributed by atoms with Crippen molar-refractivity contribution in [2.24, 2.45) is 5.92 Å². The molecule has 4 heteroatoms. The SMILES string of the molecule is CC(C)C(Br)C(=O)C(=O)O. The number of carboxylic acid groups (broad SMARTS) is 1. The van der Waals surface area contributed by atoms with Crippen LogP contribution in [0.15, 0.2) is 0 Å². The topological polar surface area (TPSA) is 54.4 Å². The first-order valence-electron chi connectivity index (χ1n) is 2.88. The van der Waals surface area contributed by atoms with Crippen molar-refractivity contribution in [2.45, 2.75) is 18.7 Å². The van der Waals surface area contributed by atoms with Gasteiger partial charge in [0.2, 0.25) is 0 Å². The summed E-state index contributed by atoms with van der Waals surface area (Å²) in [6, 6.07) is 0. The predicted molar refractivity (Wildman–Crippen MR) is 40.2 cm³/mol. The van der Waals surface area contributed by atoms with Gasteiger partial charge in [0.25, 0.3) is 5.78 Å². The van der Waals surface area contributed by atoms with Crippen LogP contribution in [0.25, 0.3) is 0 Å². The van der Waals surface area contributed by atoms with Crippen LogP contribution in [-0.4, -0.2) is 21.7 Å². The van der Waals surface area contributed by atoms with Gasteiger partial charge in [0.15, 0.2) is 0 Å². The molecule has 0 aromatic carbocycles. The van der Waals surface area contributed by atoms with Crippen molar-refractivity contribution in [1.29, 1.82) is 0 Å². The van der Waals surface area contributed by atoms with Crippen molar-refractivity contribution >= 4 is 27.7 Å². The van der Waals surface area contributed by atoms with Gasteiger partial charge in [-0.3, -0.25) is 4.79 Å². The van der Waals surface area contributed by atoms with Crippen LogP contribution in [0.3, 0.4) is 0 Å². The lowest BCUT2D eigenvalue weighted by Gasteiger charge is -2.07. The third-order valence-electron chi connectivity index (χ3n) is 1.05. The Morgan fingerprint density at radius 2 is 1.80 bits per heavy atom. The van der Waals surface area contributed by atoms with Crippen molar-refractivity contribution in [2.75, 3.05) is 0 Å². The molecule has 0 fully saturated rings. The van der Waals surface area contributed by atoms with Crippen LogP contribution in [0.1, 0.15) is 13.8 Å². The van der Waals surface area contributed by atoms with E-state index in [0.29, 0.717) is 0 Å². The summed E-state index contributed by atoms with van der Waals surface area (Å²) in [7, 11) is 0. The summed E-state index contributed by atoms with van der Waals surface area (Å²) >= 11 is 2.98. The molecule has 1 unspecified atom stereocenters. The summed E-state index contributed by atoms with van der Waals surface area (Å²) < 4.78 is 0. The Balaban J connectivity index is 4.08. The molecule has 0 radical (unpaired) electrons. The van der Waals surface area contributed by atoms with Gasteiger partial charge in [-0.05, 0) is 5.92 Å². The molecule has 0 rings (SSSR count). The normalized spacial score (nSPS) is 13.2. The van der Waals surface area contributed by atoms with Gasteiger partial charge in [-0.25, -0.2) is 4.79 Å². The monoisotopic (exact) mass is 208 g/mol. The standard InChI is InChI=1S/C6H9BrO3/c1-3(2)4(7)5(8)6(9)10/h3-4H,1-2H3,(H,9,10). The van der Waals surface area contributed by atoms with E-state index in [1.54, 1.807) is 13.8 Å². The molecule has 0 aliphatic carbocycles. The van der Waals surface area contributed by atoms with Crippen molar-refractivity contribution in [1.82, 2.24) is 0 Å². The Morgan fingerprint density at radius 3 is 1.90 bits per heavy atom. The molecule has 0 bridgehead atoms. The van der Waals surface area contributed by atoms with Gasteiger partial charge in [0.05, 0.1) is 4.83 Å². The van der Waals surface area contributed by atoms with Crippen LogP contribution in [0.4, 0.5) is 0 Å². The molecule has 3 nitrogen and oxygen atoms in total. The summed E-state index contributed by atoms with van der Waals surface area (Å²) in [6.07, 6.45) is 0. The summed E-state index contributed by atoms with van der Waals surface area (Å²) in [6.45, 7) is 3.56. The first-order chi connectivity index (χ1) is 4.46. The zero-order valence-electron chi connectivity index (χ0n) is 5.80. The molecule has 0 aromatic heterocycles. The van der Waals surface area contributed by atoms with Gasteiger partial charge in [0, 0.05) is 0 Å². The molecule has 0 saturated carbocycles. The first-order valence-corrected chi connectivity index (χ1v) is 3.79. The smallest absolute Gasteiger partial charge is 0.373 e. The Hall–Kier alpha value is -0.380. The van der Waals surface area contributed by atoms with E-state index in [9.17, 15) is 9.59 Å². The molecule has 1 atom stereocenters. The Morgan fingerprint density at radius 1 is 1.40 bits per heavy atom. The van der Waals surface area contributed by atoms with E-state index in [0.717, 1.165) is 0 Å². The molecule has 58 valence electrons. The zero-order chi connectivity index (χ0) is 8.31. The fraction of sp³-hybridized carbons (Fsp3) is 0.667. The number of alkyl halides is 1. The lowest BCUT2D eigenvalue weighted by molar-refractivity contribution is -0.149. The number of carbonyl (C=O) groups excluding carboxylic acids is 1. The third kappa shape index (κ3) is 2.47. The van der Waals surface area contributed by atoms with E-state index in [1.165, 1.54) is 0 Å². The largest absolute Gasteiger partial charge is 0.475 e. The van der Waals surface area contributed by atoms with Gasteiger partial charge in [-0.1, -0.05) is 29.8 Å². The van der Waals surface area contributed by atoms with E-state index in [-0.39, 0.29) is 5.92 Å². The maximum Gasteiger partial charge on any atom is 0.373 e. The number of rotatable bonds is 3. The number of Topliss-reactive ketones (excluding diaryl/α,β-unsaturated/α-hetero) is 1. The zero-order valence-corrected chi connectivity index (χ0v) is 7.38. The van der Waals surface area contributed by atoms with E-state index >= 15 is 0 Å². The molecule has 0 heterocycles. The minimum atomic E-state index is -1.38. The number of hydrogen-bond acceptors (Lipinski definition) is 2. The van der Waals surface area contributed by atoms with Crippen molar-refractivity contribution in [3.8, 4) is 0 Å². The lowest BCUT2D eigenvalue weighted by Crippen LogP contribution is -2.27. The summed E-state index contributed by atoms with van der Waals surface area (Å²) in [4.78, 5) is 20.1. The maximum atomic E-state index is 10.6. The number of aliphatic carboxylic acids is 1. The lowest BCUT2D eigenvalue weighted by atomic mass is 10.1. The van der Waals surface area contributed by atoms with Crippen molar-refractivity contribution < 1.29 is 14.7 Å². The van der Waals surface area contributed by atoms with E-state index in [4.69, 9.17) is 5.11 Å². The van der Waals surface area contributed by atoms with Gasteiger partial charge >= 0.3 is 5.97 Å². The molecular weight excluding hydrogens is 200 g/mol. The molecule has 0 aliphatic heterocycles. The number of halogens is 1. The van der Waals surface area contributed by atoms with Gasteiger partial charge in [0.1, 0.15) is 0 Å². The van der Waals surface area contributed by atoms with E-state index in [1.807, 2.05) is 0 Å². The second-order valence-corrected chi connectivity index (χ2v) is 3.30. The summed E-state index contributed by atoms with van der Waals surface area (Å²) in [5.74, 6) is -2.14. The molecule has 0 spiro atoms. The minimum Gasteiger partial charge on any atom is -0.475 e. The fourth-order valence-corrected chi connectivity index (χ4v) is 0.617. The molecule has 0 aromatic rings. The third-order valence-corrected chi connectivity index (χ3v) is 2.52. The first kappa shape index (κ1) is 9.62. The molecular formula is C6H9BrO3. The molecule has 0 saturated heterocycles. The fourth-order valence-electron chi connectivity index (χ4n) is 0.421. The number of ketones is 1. The minimum absolute atomic E-state index is 0.0172. The van der Waals surface area contributed by atoms with Crippen LogP contribution < -0.4 is 0 Å². The number of hydrogen-bond donors (Lipinski definition) is 1. The highest BCUT2D eigenvalue weighted by Crippen LogP contribution is 2.12. The maximum absolute atomic E-state index is 10.6. The van der Waals surface area contributed by atoms with Crippen LogP contribution in [0.2, 0.25) is 0 Å². The summed E-state index contributed by atoms with van der Waals surface area (Å²) in [5.41, 5.74) is 0. The Kier molecular flexibility index (Phi) is 3.57. The second-order valence-electron chi connectivity index (χ2n) is 2.32. The van der Waals surface area contributed by atoms with Gasteiger partial charge < -0.3 is 5.11 Å². The highest BCUT2D eigenvalue weighted by Gasteiger charge is 2.24. The predicted octanol–water partition coefficient (Wildman–Crippen LogP) is 1.06. The quantitative estimate of drug-likeness (QED) is 0.558. The summed E-state index contributed by atoms with van der Waals surface area (Å²) in [5, 5.41) is 8.22. The average molecular weight is 209 g/mol. The second kappa shape index (κ2) is 3.71. The van der Waals surface area contributed by atoms with Crippen LogP contribution in [0.5, 0.6) is 0 Å². The van der Waals surface area contributed by atoms with E-state index < -0.39 is 16.6 Å². The number of carbonyl (C=O) groups is 2. The van der Waals surface area contributed by atoms with Crippen LogP contribution >= 0.6 is 15.9 Å². The van der Waals surface area contributed by atoms with Crippen molar-refractivity contribution in [3.63, 3.8) is 0 Å². The van der Waals surface area contributed by atoms with Crippen LogP contribution in [0, 0.1) is 5.92 Å². The van der Waals surface area contributed by atoms with E-state index in [2.05, 4.69) is 15.9 Å². The highest BCUT2D eigenvalue weighted by molar-refractivity contribution is 9.10. The van der Waals surface area contributed by atoms with Gasteiger partial charge in [-0.2, -0.15) is 0 Å². The van der Waals surface area contributed by atoms with Crippen LogP contribution in [-0.2, 0) is 9.59 Å². The Labute approximate surface area is 67.5 Å². The molecule has 0 aliphatic rings. The number of carboxylic acids is 1. The molecule has 10 heavy (non-hydrogen) atoms. The molecule has 1 N–H and O–H groups in total. The van der Waals surface area contributed by atoms with Crippen molar-refractivity contribution in [3.05, 3.63) is 0 Å². The average Bonchev–Trinajstić information content (AvgIpc) is 1.84. The molecule has 0 amide bonds.